The SMILES string of the molecule is O=C=NC(F)(F)C(F)(F)C(F)(F)C(F)(F)C(F)(F)C(F)(F)C(F)(F)C(F)(F)C(F)(F)C(F)(F)C(F)(F)C(F)(F)C(F)(F)C(F)(F)C(F)(F)C(F)(F)C(F)(F)C(F)(F)C(F)(F)C(F)(F)N=C=O. The largest absolute Gasteiger partial charge is 0.421 e. The van der Waals surface area contributed by atoms with Crippen molar-refractivity contribution in [3.63, 3.8) is 0 Å². The molecule has 0 amide bonds. The zero-order valence-corrected chi connectivity index (χ0v) is 27.8. The lowest BCUT2D eigenvalue weighted by Crippen LogP contribution is -2.80. The van der Waals surface area contributed by atoms with Crippen molar-refractivity contribution >= 4 is 12.2 Å². The van der Waals surface area contributed by atoms with E-state index in [4.69, 9.17) is 0 Å². The summed E-state index contributed by atoms with van der Waals surface area (Å²) in [6, 6.07) is -15.6. The molecule has 0 bridgehead atoms. The summed E-state index contributed by atoms with van der Waals surface area (Å²) in [4.78, 5) is 19.7. The average Bonchev–Trinajstić information content (AvgIpc) is 3.09. The number of isocyanates is 2. The van der Waals surface area contributed by atoms with Crippen LogP contribution in [0, 0.1) is 0 Å². The van der Waals surface area contributed by atoms with Crippen LogP contribution in [0.5, 0.6) is 0 Å². The highest BCUT2D eigenvalue weighted by Gasteiger charge is 3.03. The summed E-state index contributed by atoms with van der Waals surface area (Å²) in [6.45, 7) is 0. The molecule has 44 heteroatoms. The first-order valence-electron chi connectivity index (χ1n) is 13.6. The van der Waals surface area contributed by atoms with Gasteiger partial charge in [0.2, 0.25) is 12.2 Å². The van der Waals surface area contributed by atoms with E-state index in [0.717, 1.165) is 0 Å². The van der Waals surface area contributed by atoms with Gasteiger partial charge in [-0.2, -0.15) is 176 Å². The summed E-state index contributed by atoms with van der Waals surface area (Å²) in [5.74, 6) is -182. The second-order valence-electron chi connectivity index (χ2n) is 11.8. The number of hydrogen-bond donors (Lipinski definition) is 0. The molecule has 0 aliphatic carbocycles. The highest BCUT2D eigenvalue weighted by Crippen LogP contribution is 2.71. The van der Waals surface area contributed by atoms with Gasteiger partial charge in [-0.15, -0.1) is 9.98 Å². The van der Waals surface area contributed by atoms with Crippen molar-refractivity contribution in [2.75, 3.05) is 0 Å². The second-order valence-corrected chi connectivity index (χ2v) is 11.8. The second kappa shape index (κ2) is 15.2. The van der Waals surface area contributed by atoms with Crippen LogP contribution in [0.15, 0.2) is 9.98 Å². The minimum Gasteiger partial charge on any atom is -0.211 e. The molecule has 0 aromatic carbocycles. The monoisotopic (exact) mass is 1080 g/mol. The molecule has 0 aliphatic rings. The van der Waals surface area contributed by atoms with E-state index >= 15 is 0 Å². The van der Waals surface area contributed by atoms with Gasteiger partial charge < -0.3 is 0 Å². The van der Waals surface area contributed by atoms with Gasteiger partial charge in [0.05, 0.1) is 0 Å². The maximum absolute atomic E-state index is 14.0. The number of nitrogens with zero attached hydrogens (tertiary/aromatic N) is 2. The molecule has 0 saturated carbocycles. The quantitative estimate of drug-likeness (QED) is 0.0498. The van der Waals surface area contributed by atoms with Gasteiger partial charge in [0, 0.05) is 0 Å². The third kappa shape index (κ3) is 6.81. The van der Waals surface area contributed by atoms with Crippen LogP contribution in [0.1, 0.15) is 0 Å². The van der Waals surface area contributed by atoms with Crippen LogP contribution in [0.4, 0.5) is 176 Å². The Morgan fingerprint density at radius 3 is 0.318 bits per heavy atom. The van der Waals surface area contributed by atoms with E-state index in [1.54, 1.807) is 0 Å². The minimum atomic E-state index is -10.6. The molecule has 0 atom stereocenters. The Balaban J connectivity index is 8.05. The summed E-state index contributed by atoms with van der Waals surface area (Å²) < 4.78 is 550. The maximum atomic E-state index is 14.0. The van der Waals surface area contributed by atoms with Crippen molar-refractivity contribution in [2.45, 2.75) is 119 Å². The number of alkyl halides is 40. The smallest absolute Gasteiger partial charge is 0.211 e. The molecule has 0 N–H and O–H groups in total. The fourth-order valence-electron chi connectivity index (χ4n) is 3.79. The van der Waals surface area contributed by atoms with Gasteiger partial charge in [-0.25, -0.2) is 9.59 Å². The van der Waals surface area contributed by atoms with Gasteiger partial charge in [-0.3, -0.25) is 0 Å². The molecule has 0 aliphatic heterocycles. The normalized spacial score (nSPS) is 16.8. The van der Waals surface area contributed by atoms with E-state index in [2.05, 4.69) is 0 Å². The first kappa shape index (κ1) is 62.0. The molecule has 0 rings (SSSR count). The number of hydrogen-bond acceptors (Lipinski definition) is 4. The third-order valence-electron chi connectivity index (χ3n) is 7.83. The van der Waals surface area contributed by atoms with E-state index in [0.29, 0.717) is 0 Å². The molecular formula is C22F40N2O2. The molecule has 0 aromatic rings. The summed E-state index contributed by atoms with van der Waals surface area (Å²) in [6.07, 6.45) is -1.95. The molecule has 0 radical (unpaired) electrons. The molecule has 66 heavy (non-hydrogen) atoms. The van der Waals surface area contributed by atoms with Crippen molar-refractivity contribution in [3.05, 3.63) is 0 Å². The molecule has 0 spiro atoms. The summed E-state index contributed by atoms with van der Waals surface area (Å²) >= 11 is 0. The molecule has 0 unspecified atom stereocenters. The van der Waals surface area contributed by atoms with Crippen LogP contribution in [0.3, 0.4) is 0 Å². The van der Waals surface area contributed by atoms with E-state index < -0.39 is 131 Å². The topological polar surface area (TPSA) is 58.9 Å². The van der Waals surface area contributed by atoms with E-state index in [1.807, 2.05) is 0 Å². The Labute approximate surface area is 327 Å². The maximum Gasteiger partial charge on any atom is 0.421 e. The number of rotatable bonds is 21. The predicted octanol–water partition coefficient (Wildman–Crippen LogP) is 12.3. The van der Waals surface area contributed by atoms with Crippen molar-refractivity contribution in [1.29, 1.82) is 0 Å². The minimum absolute atomic E-state index is 0.217. The summed E-state index contributed by atoms with van der Waals surface area (Å²) in [5, 5.41) is 0. The lowest BCUT2D eigenvalue weighted by molar-refractivity contribution is -0.494. The molecule has 390 valence electrons. The Hall–Kier alpha value is -4.04. The molecule has 0 aromatic heterocycles. The Bertz CT molecular complexity index is 1780. The molecule has 0 heterocycles. The number of aliphatic imine (C=N–C) groups is 2. The van der Waals surface area contributed by atoms with Gasteiger partial charge in [0.1, 0.15) is 0 Å². The molecule has 0 fully saturated rings. The van der Waals surface area contributed by atoms with Gasteiger partial charge in [-0.05, 0) is 0 Å². The van der Waals surface area contributed by atoms with Gasteiger partial charge in [-0.1, -0.05) is 0 Å². The predicted molar refractivity (Wildman–Crippen MR) is 115 cm³/mol. The number of halogens is 40. The van der Waals surface area contributed by atoms with Gasteiger partial charge in [0.15, 0.2) is 0 Å². The van der Waals surface area contributed by atoms with Crippen LogP contribution >= 0.6 is 0 Å². The van der Waals surface area contributed by atoms with Crippen LogP contribution in [0.2, 0.25) is 0 Å². The Morgan fingerprint density at radius 2 is 0.242 bits per heavy atom. The average molecular weight is 1080 g/mol. The molecular weight excluding hydrogens is 1080 g/mol. The third-order valence-corrected chi connectivity index (χ3v) is 7.83. The van der Waals surface area contributed by atoms with Crippen molar-refractivity contribution in [3.8, 4) is 0 Å². The lowest BCUT2D eigenvalue weighted by Gasteiger charge is -2.47. The standard InChI is InChI=1S/C22F40N2O2/c23-3(24,5(27,28)7(31,32)9(35,36)11(39,40)13(43,44)15(47,48)17(51,52)19(55,56)21(59,60)63-1-65)4(25,26)6(29,30)8(33,34)10(37,38)12(41,42)14(45,46)16(49,50)18(53,54)20(57,58)22(61,62)64-2-66. The van der Waals surface area contributed by atoms with Gasteiger partial charge in [0.25, 0.3) is 0 Å². The lowest BCUT2D eigenvalue weighted by atomic mass is 9.82. The highest BCUT2D eigenvalue weighted by atomic mass is 19.4. The fraction of sp³-hybridized carbons (Fsp3) is 0.909. The number of carbonyl (C=O) groups excluding carboxylic acids is 2. The van der Waals surface area contributed by atoms with Crippen molar-refractivity contribution in [1.82, 2.24) is 0 Å². The van der Waals surface area contributed by atoms with E-state index in [-0.39, 0.29) is 9.98 Å². The van der Waals surface area contributed by atoms with Crippen LogP contribution in [-0.2, 0) is 9.59 Å². The Morgan fingerprint density at radius 1 is 0.167 bits per heavy atom. The first-order chi connectivity index (χ1) is 27.9. The van der Waals surface area contributed by atoms with Crippen molar-refractivity contribution in [2.24, 2.45) is 9.98 Å². The summed E-state index contributed by atoms with van der Waals surface area (Å²) in [7, 11) is 0. The fourth-order valence-corrected chi connectivity index (χ4v) is 3.79. The Kier molecular flexibility index (Phi) is 14.3. The summed E-state index contributed by atoms with van der Waals surface area (Å²) in [5.41, 5.74) is 0. The van der Waals surface area contributed by atoms with Crippen LogP contribution < -0.4 is 0 Å². The van der Waals surface area contributed by atoms with E-state index in [9.17, 15) is 185 Å². The van der Waals surface area contributed by atoms with E-state index in [1.165, 1.54) is 0 Å². The van der Waals surface area contributed by atoms with Gasteiger partial charge >= 0.3 is 119 Å². The zero-order chi connectivity index (χ0) is 54.8. The molecule has 4 nitrogen and oxygen atoms in total. The molecule has 0 saturated heterocycles. The zero-order valence-electron chi connectivity index (χ0n) is 27.8. The van der Waals surface area contributed by atoms with Crippen LogP contribution in [0.25, 0.3) is 0 Å². The van der Waals surface area contributed by atoms with Crippen LogP contribution in [-0.4, -0.2) is 131 Å². The van der Waals surface area contributed by atoms with Crippen molar-refractivity contribution < 1.29 is 185 Å². The highest BCUT2D eigenvalue weighted by molar-refractivity contribution is 5.35. The first-order valence-corrected chi connectivity index (χ1v) is 13.6.